The third-order valence-corrected chi connectivity index (χ3v) is 7.91. The van der Waals surface area contributed by atoms with Gasteiger partial charge in [-0.05, 0) is 56.9 Å². The molecule has 1 saturated carbocycles. The average Bonchev–Trinajstić information content (AvgIpc) is 2.93. The van der Waals surface area contributed by atoms with Gasteiger partial charge in [-0.15, -0.1) is 0 Å². The lowest BCUT2D eigenvalue weighted by Crippen LogP contribution is -2.60. The largest absolute Gasteiger partial charge is 0.391 e. The minimum Gasteiger partial charge on any atom is -0.391 e. The van der Waals surface area contributed by atoms with Gasteiger partial charge in [0, 0.05) is 5.92 Å². The molecule has 4 aliphatic rings. The molecule has 1 spiro atoms. The van der Waals surface area contributed by atoms with Crippen molar-refractivity contribution in [2.45, 2.75) is 59.1 Å². The summed E-state index contributed by atoms with van der Waals surface area (Å²) in [6, 6.07) is -1.04. The third kappa shape index (κ3) is 2.52. The summed E-state index contributed by atoms with van der Waals surface area (Å²) in [7, 11) is 0. The van der Waals surface area contributed by atoms with E-state index in [0.29, 0.717) is 5.92 Å². The number of allylic oxidation sites excluding steroid dienone is 6. The highest BCUT2D eigenvalue weighted by atomic mass is 16.3. The van der Waals surface area contributed by atoms with Crippen molar-refractivity contribution in [1.29, 1.82) is 0 Å². The number of hydrogen-bond acceptors (Lipinski definition) is 4. The molecule has 0 radical (unpaired) electrons. The Morgan fingerprint density at radius 2 is 2.00 bits per heavy atom. The first-order valence-corrected chi connectivity index (χ1v) is 10.8. The van der Waals surface area contributed by atoms with Crippen molar-refractivity contribution < 1.29 is 19.5 Å². The fourth-order valence-corrected chi connectivity index (χ4v) is 6.33. The molecule has 0 bridgehead atoms. The molecule has 2 N–H and O–H groups in total. The summed E-state index contributed by atoms with van der Waals surface area (Å²) in [5.41, 5.74) is -1.73. The maximum atomic E-state index is 14.2. The van der Waals surface area contributed by atoms with Gasteiger partial charge in [0.1, 0.15) is 6.04 Å². The molecule has 29 heavy (non-hydrogen) atoms. The van der Waals surface area contributed by atoms with Crippen molar-refractivity contribution in [3.8, 4) is 0 Å². The van der Waals surface area contributed by atoms with Gasteiger partial charge in [-0.3, -0.25) is 14.4 Å². The van der Waals surface area contributed by atoms with E-state index in [-0.39, 0.29) is 17.6 Å². The van der Waals surface area contributed by atoms with Crippen LogP contribution in [0.25, 0.3) is 0 Å². The topological polar surface area (TPSA) is 83.5 Å². The number of aliphatic hydroxyl groups excluding tert-OH is 1. The molecule has 8 atom stereocenters. The number of hydrogen-bond donors (Lipinski definition) is 2. The molecule has 5 heteroatoms. The van der Waals surface area contributed by atoms with Crippen LogP contribution in [0.15, 0.2) is 36.0 Å². The molecule has 2 fully saturated rings. The Hall–Kier alpha value is -2.01. The summed E-state index contributed by atoms with van der Waals surface area (Å²) >= 11 is 0. The fourth-order valence-electron chi connectivity index (χ4n) is 6.33. The van der Waals surface area contributed by atoms with Crippen LogP contribution in [-0.4, -0.2) is 34.7 Å². The molecular weight excluding hydrogens is 366 g/mol. The van der Waals surface area contributed by atoms with Crippen LogP contribution < -0.4 is 5.32 Å². The van der Waals surface area contributed by atoms with Crippen molar-refractivity contribution in [2.75, 3.05) is 0 Å². The van der Waals surface area contributed by atoms with Crippen molar-refractivity contribution in [2.24, 2.45) is 34.5 Å². The van der Waals surface area contributed by atoms with Gasteiger partial charge in [-0.1, -0.05) is 43.7 Å². The van der Waals surface area contributed by atoms with Gasteiger partial charge in [-0.25, -0.2) is 0 Å². The Balaban J connectivity index is 1.91. The Labute approximate surface area is 172 Å². The number of Topliss-reactive ketones (excluding diaryl/α,β-unsaturated/α-hetero) is 2. The molecule has 5 nitrogen and oxygen atoms in total. The molecule has 0 unspecified atom stereocenters. The van der Waals surface area contributed by atoms with Crippen molar-refractivity contribution >= 4 is 17.5 Å². The Morgan fingerprint density at radius 3 is 2.62 bits per heavy atom. The normalized spacial score (nSPS) is 45.2. The zero-order chi connectivity index (χ0) is 21.1. The van der Waals surface area contributed by atoms with Crippen LogP contribution in [0.3, 0.4) is 0 Å². The molecule has 156 valence electrons. The summed E-state index contributed by atoms with van der Waals surface area (Å²) in [4.78, 5) is 41.0. The minimum atomic E-state index is -1.79. The Kier molecular flexibility index (Phi) is 4.73. The maximum absolute atomic E-state index is 14.2. The van der Waals surface area contributed by atoms with Crippen LogP contribution in [0, 0.1) is 34.5 Å². The molecule has 1 saturated heterocycles. The van der Waals surface area contributed by atoms with Crippen LogP contribution in [0.2, 0.25) is 0 Å². The van der Waals surface area contributed by atoms with E-state index in [4.69, 9.17) is 0 Å². The highest BCUT2D eigenvalue weighted by Gasteiger charge is 2.70. The van der Waals surface area contributed by atoms with Gasteiger partial charge in [0.2, 0.25) is 5.91 Å². The van der Waals surface area contributed by atoms with E-state index in [1.807, 2.05) is 26.0 Å². The molecule has 0 aromatic rings. The van der Waals surface area contributed by atoms with Crippen LogP contribution in [0.1, 0.15) is 47.0 Å². The van der Waals surface area contributed by atoms with Crippen LogP contribution in [0.4, 0.5) is 0 Å². The fraction of sp³-hybridized carbons (Fsp3) is 0.625. The zero-order valence-electron chi connectivity index (χ0n) is 17.6. The van der Waals surface area contributed by atoms with Crippen molar-refractivity contribution in [3.05, 3.63) is 36.0 Å². The number of rotatable bonds is 2. The number of fused-ring (bicyclic) bond motifs is 3. The summed E-state index contributed by atoms with van der Waals surface area (Å²) < 4.78 is 0. The van der Waals surface area contributed by atoms with Gasteiger partial charge in [0.25, 0.3) is 0 Å². The predicted molar refractivity (Wildman–Crippen MR) is 110 cm³/mol. The van der Waals surface area contributed by atoms with Gasteiger partial charge < -0.3 is 10.4 Å². The van der Waals surface area contributed by atoms with Crippen LogP contribution >= 0.6 is 0 Å². The highest BCUT2D eigenvalue weighted by Crippen LogP contribution is 2.59. The third-order valence-electron chi connectivity index (χ3n) is 7.91. The second kappa shape index (κ2) is 6.76. The minimum absolute atomic E-state index is 0.0945. The van der Waals surface area contributed by atoms with E-state index in [9.17, 15) is 19.5 Å². The number of ketones is 2. The number of amides is 1. The smallest absolute Gasteiger partial charge is 0.243 e. The van der Waals surface area contributed by atoms with E-state index < -0.39 is 40.6 Å². The summed E-state index contributed by atoms with van der Waals surface area (Å²) in [6.45, 7) is 7.47. The monoisotopic (exact) mass is 397 g/mol. The van der Waals surface area contributed by atoms with Gasteiger partial charge in [0.05, 0.1) is 11.5 Å². The van der Waals surface area contributed by atoms with Gasteiger partial charge in [0.15, 0.2) is 17.0 Å². The highest BCUT2D eigenvalue weighted by molar-refractivity contribution is 6.31. The molecule has 0 aromatic heterocycles. The Bertz CT molecular complexity index is 853. The lowest BCUT2D eigenvalue weighted by Gasteiger charge is -2.53. The number of aliphatic hydroxyl groups is 1. The van der Waals surface area contributed by atoms with Gasteiger partial charge in [-0.2, -0.15) is 0 Å². The lowest BCUT2D eigenvalue weighted by molar-refractivity contribution is -0.155. The first-order valence-electron chi connectivity index (χ1n) is 10.8. The average molecular weight is 398 g/mol. The van der Waals surface area contributed by atoms with Crippen LogP contribution in [0.5, 0.6) is 0 Å². The second-order valence-electron chi connectivity index (χ2n) is 9.62. The maximum Gasteiger partial charge on any atom is 0.243 e. The number of nitrogens with one attached hydrogen (secondary N) is 1. The number of carbonyl (C=O) groups excluding carboxylic acids is 3. The van der Waals surface area contributed by atoms with E-state index >= 15 is 0 Å². The predicted octanol–water partition coefficient (Wildman–Crippen LogP) is 2.75. The molecule has 1 aliphatic heterocycles. The van der Waals surface area contributed by atoms with Crippen molar-refractivity contribution in [1.82, 2.24) is 5.32 Å². The molecule has 1 amide bonds. The second-order valence-corrected chi connectivity index (χ2v) is 9.62. The molecule has 1 heterocycles. The molecule has 3 aliphatic carbocycles. The van der Waals surface area contributed by atoms with Crippen molar-refractivity contribution in [3.63, 3.8) is 0 Å². The molecular formula is C24H31NO4. The van der Waals surface area contributed by atoms with E-state index in [2.05, 4.69) is 18.3 Å². The quantitative estimate of drug-likeness (QED) is 0.554. The van der Waals surface area contributed by atoms with Gasteiger partial charge >= 0.3 is 0 Å². The van der Waals surface area contributed by atoms with E-state index in [1.54, 1.807) is 12.2 Å². The Morgan fingerprint density at radius 1 is 1.28 bits per heavy atom. The molecule has 0 aromatic carbocycles. The van der Waals surface area contributed by atoms with Crippen LogP contribution in [-0.2, 0) is 14.4 Å². The standard InChI is InChI=1S/C24H31NO4/c1-5-6-17-12-16-9-8-15-11-13(2)7-10-18(15)23(16,4)21(28)24(17)20(27)19(14(3)26)25-22(24)29/h5-6,8-9,12-15,17-19,26H,7,10-11H2,1-4H3,(H,25,29)/t13-,14-,15-,17-,18-,19-,23-,24+/m1/s1. The van der Waals surface area contributed by atoms with E-state index in [0.717, 1.165) is 24.8 Å². The zero-order valence-corrected chi connectivity index (χ0v) is 17.6. The molecule has 4 rings (SSSR count). The number of carbonyl (C=O) groups is 3. The first-order chi connectivity index (χ1) is 13.7. The first kappa shape index (κ1) is 20.3. The SMILES string of the molecule is CC=C[C@@H]1C=C2C=C[C@@H]3C[C@H](C)CC[C@H]3[C@]2(C)C(=O)[C@]12C(=O)N[C@H]([C@@H](C)O)C2=O. The summed E-state index contributed by atoms with van der Waals surface area (Å²) in [5.74, 6) is -0.988. The van der Waals surface area contributed by atoms with E-state index in [1.165, 1.54) is 6.92 Å². The lowest BCUT2D eigenvalue weighted by atomic mass is 9.47. The summed E-state index contributed by atoms with van der Waals surface area (Å²) in [6.07, 6.45) is 11.7. The summed E-state index contributed by atoms with van der Waals surface area (Å²) in [5, 5.41) is 12.7.